The molecule has 0 aliphatic carbocycles. The molecule has 2 N–H and O–H groups in total. The zero-order valence-electron chi connectivity index (χ0n) is 11.6. The summed E-state index contributed by atoms with van der Waals surface area (Å²) < 4.78 is 13.0. The second-order valence-electron chi connectivity index (χ2n) is 5.24. The Morgan fingerprint density at radius 2 is 2.06 bits per heavy atom. The first-order valence-electron chi connectivity index (χ1n) is 6.63. The van der Waals surface area contributed by atoms with Crippen molar-refractivity contribution >= 4 is 0 Å². The SMILES string of the molecule is CCCNCCC(C)(O)Cc1ccc(F)cc1C. The van der Waals surface area contributed by atoms with Crippen LogP contribution in [0.4, 0.5) is 4.39 Å². The third-order valence-electron chi connectivity index (χ3n) is 3.14. The molecule has 1 aromatic carbocycles. The maximum absolute atomic E-state index is 13.0. The number of hydrogen-bond acceptors (Lipinski definition) is 2. The molecule has 3 heteroatoms. The van der Waals surface area contributed by atoms with Crippen LogP contribution in [0.2, 0.25) is 0 Å². The minimum Gasteiger partial charge on any atom is -0.390 e. The highest BCUT2D eigenvalue weighted by atomic mass is 19.1. The molecule has 102 valence electrons. The van der Waals surface area contributed by atoms with Gasteiger partial charge in [-0.1, -0.05) is 13.0 Å². The first-order chi connectivity index (χ1) is 8.44. The van der Waals surface area contributed by atoms with Crippen molar-refractivity contribution in [2.24, 2.45) is 0 Å². The quantitative estimate of drug-likeness (QED) is 0.732. The predicted molar refractivity (Wildman–Crippen MR) is 73.2 cm³/mol. The molecule has 0 radical (unpaired) electrons. The van der Waals surface area contributed by atoms with E-state index in [9.17, 15) is 9.50 Å². The smallest absolute Gasteiger partial charge is 0.123 e. The molecule has 1 aromatic rings. The van der Waals surface area contributed by atoms with Crippen LogP contribution in [0.1, 0.15) is 37.8 Å². The molecule has 0 saturated heterocycles. The van der Waals surface area contributed by atoms with Gasteiger partial charge in [-0.25, -0.2) is 4.39 Å². The van der Waals surface area contributed by atoms with Crippen LogP contribution < -0.4 is 5.32 Å². The van der Waals surface area contributed by atoms with E-state index in [0.29, 0.717) is 12.8 Å². The van der Waals surface area contributed by atoms with Gasteiger partial charge in [-0.2, -0.15) is 0 Å². The maximum atomic E-state index is 13.0. The predicted octanol–water partition coefficient (Wildman–Crippen LogP) is 2.82. The van der Waals surface area contributed by atoms with Gasteiger partial charge in [0.15, 0.2) is 0 Å². The van der Waals surface area contributed by atoms with Crippen molar-refractivity contribution in [2.45, 2.75) is 45.6 Å². The van der Waals surface area contributed by atoms with E-state index in [4.69, 9.17) is 0 Å². The van der Waals surface area contributed by atoms with Crippen LogP contribution in [0.3, 0.4) is 0 Å². The molecule has 1 atom stereocenters. The number of aliphatic hydroxyl groups is 1. The Hall–Kier alpha value is -0.930. The molecular formula is C15H24FNO. The van der Waals surface area contributed by atoms with Crippen molar-refractivity contribution in [3.63, 3.8) is 0 Å². The molecule has 0 fully saturated rings. The van der Waals surface area contributed by atoms with Crippen LogP contribution in [-0.4, -0.2) is 23.8 Å². The molecule has 2 nitrogen and oxygen atoms in total. The van der Waals surface area contributed by atoms with Crippen LogP contribution in [0, 0.1) is 12.7 Å². The lowest BCUT2D eigenvalue weighted by atomic mass is 9.91. The Balaban J connectivity index is 2.53. The van der Waals surface area contributed by atoms with Crippen LogP contribution in [-0.2, 0) is 6.42 Å². The van der Waals surface area contributed by atoms with Crippen LogP contribution in [0.25, 0.3) is 0 Å². The first-order valence-corrected chi connectivity index (χ1v) is 6.63. The van der Waals surface area contributed by atoms with Crippen molar-refractivity contribution in [2.75, 3.05) is 13.1 Å². The summed E-state index contributed by atoms with van der Waals surface area (Å²) in [4.78, 5) is 0. The topological polar surface area (TPSA) is 32.3 Å². The average Bonchev–Trinajstić information content (AvgIpc) is 2.28. The Morgan fingerprint density at radius 3 is 2.67 bits per heavy atom. The van der Waals surface area contributed by atoms with Gasteiger partial charge in [0, 0.05) is 6.42 Å². The number of rotatable bonds is 7. The third kappa shape index (κ3) is 5.15. The molecule has 1 rings (SSSR count). The molecule has 0 bridgehead atoms. The van der Waals surface area contributed by atoms with E-state index in [2.05, 4.69) is 12.2 Å². The number of halogens is 1. The van der Waals surface area contributed by atoms with Gasteiger partial charge < -0.3 is 10.4 Å². The molecule has 0 aliphatic rings. The Labute approximate surface area is 109 Å². The molecular weight excluding hydrogens is 229 g/mol. The fraction of sp³-hybridized carbons (Fsp3) is 0.600. The van der Waals surface area contributed by atoms with Crippen molar-refractivity contribution in [1.82, 2.24) is 5.32 Å². The lowest BCUT2D eigenvalue weighted by molar-refractivity contribution is 0.0514. The summed E-state index contributed by atoms with van der Waals surface area (Å²) in [7, 11) is 0. The molecule has 18 heavy (non-hydrogen) atoms. The molecule has 0 aliphatic heterocycles. The summed E-state index contributed by atoms with van der Waals surface area (Å²) in [5.74, 6) is -0.222. The van der Waals surface area contributed by atoms with Gasteiger partial charge in [0.2, 0.25) is 0 Å². The third-order valence-corrected chi connectivity index (χ3v) is 3.14. The van der Waals surface area contributed by atoms with E-state index in [1.807, 2.05) is 13.8 Å². The Morgan fingerprint density at radius 1 is 1.33 bits per heavy atom. The first kappa shape index (κ1) is 15.1. The fourth-order valence-corrected chi connectivity index (χ4v) is 2.02. The summed E-state index contributed by atoms with van der Waals surface area (Å²) >= 11 is 0. The van der Waals surface area contributed by atoms with Gasteiger partial charge in [0.25, 0.3) is 0 Å². The number of nitrogens with one attached hydrogen (secondary N) is 1. The van der Waals surface area contributed by atoms with E-state index in [1.54, 1.807) is 6.07 Å². The number of hydrogen-bond donors (Lipinski definition) is 2. The molecule has 1 unspecified atom stereocenters. The standard InChI is InChI=1S/C15H24FNO/c1-4-8-17-9-7-15(3,18)11-13-5-6-14(16)10-12(13)2/h5-6,10,17-18H,4,7-9,11H2,1-3H3. The fourth-order valence-electron chi connectivity index (χ4n) is 2.02. The molecule has 0 amide bonds. The monoisotopic (exact) mass is 253 g/mol. The molecule has 0 heterocycles. The van der Waals surface area contributed by atoms with Crippen molar-refractivity contribution < 1.29 is 9.50 Å². The van der Waals surface area contributed by atoms with Gasteiger partial charge in [-0.3, -0.25) is 0 Å². The summed E-state index contributed by atoms with van der Waals surface area (Å²) in [6.45, 7) is 7.62. The van der Waals surface area contributed by atoms with Crippen LogP contribution in [0.15, 0.2) is 18.2 Å². The van der Waals surface area contributed by atoms with Gasteiger partial charge in [0.1, 0.15) is 5.82 Å². The minimum atomic E-state index is -0.747. The van der Waals surface area contributed by atoms with Gasteiger partial charge in [-0.15, -0.1) is 0 Å². The largest absolute Gasteiger partial charge is 0.390 e. The second-order valence-corrected chi connectivity index (χ2v) is 5.24. The molecule has 0 spiro atoms. The summed E-state index contributed by atoms with van der Waals surface area (Å²) in [6.07, 6.45) is 2.36. The van der Waals surface area contributed by atoms with Gasteiger partial charge >= 0.3 is 0 Å². The highest BCUT2D eigenvalue weighted by molar-refractivity contribution is 5.27. The van der Waals surface area contributed by atoms with E-state index in [-0.39, 0.29) is 5.82 Å². The van der Waals surface area contributed by atoms with E-state index < -0.39 is 5.60 Å². The van der Waals surface area contributed by atoms with Crippen molar-refractivity contribution in [3.8, 4) is 0 Å². The zero-order chi connectivity index (χ0) is 13.6. The maximum Gasteiger partial charge on any atom is 0.123 e. The zero-order valence-corrected chi connectivity index (χ0v) is 11.6. The van der Waals surface area contributed by atoms with E-state index >= 15 is 0 Å². The van der Waals surface area contributed by atoms with E-state index in [1.165, 1.54) is 12.1 Å². The lowest BCUT2D eigenvalue weighted by Gasteiger charge is -2.24. The number of aryl methyl sites for hydroxylation is 1. The highest BCUT2D eigenvalue weighted by Crippen LogP contribution is 2.20. The van der Waals surface area contributed by atoms with Gasteiger partial charge in [0.05, 0.1) is 5.60 Å². The summed E-state index contributed by atoms with van der Waals surface area (Å²) in [5, 5.41) is 13.6. The summed E-state index contributed by atoms with van der Waals surface area (Å²) in [5.41, 5.74) is 1.16. The lowest BCUT2D eigenvalue weighted by Crippen LogP contribution is -2.32. The van der Waals surface area contributed by atoms with Crippen LogP contribution in [0.5, 0.6) is 0 Å². The van der Waals surface area contributed by atoms with Crippen molar-refractivity contribution in [1.29, 1.82) is 0 Å². The van der Waals surface area contributed by atoms with Crippen molar-refractivity contribution in [3.05, 3.63) is 35.1 Å². The normalized spacial score (nSPS) is 14.5. The highest BCUT2D eigenvalue weighted by Gasteiger charge is 2.21. The summed E-state index contributed by atoms with van der Waals surface area (Å²) in [6, 6.07) is 4.73. The van der Waals surface area contributed by atoms with Gasteiger partial charge in [-0.05, 0) is 63.0 Å². The second kappa shape index (κ2) is 6.86. The minimum absolute atomic E-state index is 0.222. The average molecular weight is 253 g/mol. The molecule has 0 aromatic heterocycles. The van der Waals surface area contributed by atoms with E-state index in [0.717, 1.165) is 30.6 Å². The Bertz CT molecular complexity index is 377. The molecule has 0 saturated carbocycles. The number of benzene rings is 1. The Kier molecular flexibility index (Phi) is 5.76. The van der Waals surface area contributed by atoms with Crippen LogP contribution >= 0.6 is 0 Å².